The van der Waals surface area contributed by atoms with Crippen LogP contribution >= 0.6 is 11.6 Å². The number of carbonyl (C=O) groups is 2. The van der Waals surface area contributed by atoms with Gasteiger partial charge in [0.2, 0.25) is 17.8 Å². The lowest BCUT2D eigenvalue weighted by atomic mass is 9.96. The number of rotatable bonds is 8. The minimum Gasteiger partial charge on any atom is -0.366 e. The number of amides is 2. The molecule has 5 N–H and O–H groups in total. The van der Waals surface area contributed by atoms with Crippen molar-refractivity contribution >= 4 is 46.0 Å². The molecule has 1 aliphatic carbocycles. The highest BCUT2D eigenvalue weighted by Crippen LogP contribution is 2.32. The van der Waals surface area contributed by atoms with E-state index in [-0.39, 0.29) is 5.91 Å². The maximum atomic E-state index is 11.5. The Bertz CT molecular complexity index is 1490. The molecule has 1 aliphatic rings. The van der Waals surface area contributed by atoms with E-state index in [4.69, 9.17) is 17.3 Å². The van der Waals surface area contributed by atoms with Gasteiger partial charge in [-0.2, -0.15) is 0 Å². The number of halogens is 1. The van der Waals surface area contributed by atoms with E-state index >= 15 is 0 Å². The van der Waals surface area contributed by atoms with Crippen LogP contribution in [0.25, 0.3) is 22.2 Å². The molecule has 2 aromatic carbocycles. The van der Waals surface area contributed by atoms with Gasteiger partial charge in [0.15, 0.2) is 0 Å². The first-order chi connectivity index (χ1) is 19.8. The van der Waals surface area contributed by atoms with E-state index in [0.29, 0.717) is 34.8 Å². The quantitative estimate of drug-likeness (QED) is 0.195. The number of fused-ring (bicyclic) bond motifs is 1. The molecule has 4 aromatic rings. The third-order valence-corrected chi connectivity index (χ3v) is 6.98. The number of anilines is 2. The molecule has 214 valence electrons. The summed E-state index contributed by atoms with van der Waals surface area (Å²) in [6.07, 6.45) is 13.2. The molecule has 1 saturated carbocycles. The zero-order valence-corrected chi connectivity index (χ0v) is 24.1. The van der Waals surface area contributed by atoms with Gasteiger partial charge < -0.3 is 26.3 Å². The highest BCUT2D eigenvalue weighted by molar-refractivity contribution is 6.33. The zero-order valence-electron chi connectivity index (χ0n) is 23.4. The Hall–Kier alpha value is -4.21. The van der Waals surface area contributed by atoms with Crippen LogP contribution < -0.4 is 16.4 Å². The molecule has 0 bridgehead atoms. The molecular weight excluding hydrogens is 538 g/mol. The number of benzene rings is 2. The van der Waals surface area contributed by atoms with Crippen LogP contribution in [0.3, 0.4) is 0 Å². The van der Waals surface area contributed by atoms with Gasteiger partial charge in [-0.15, -0.1) is 0 Å². The largest absolute Gasteiger partial charge is 0.366 e. The van der Waals surface area contributed by atoms with Crippen LogP contribution in [0.15, 0.2) is 73.1 Å². The number of hydrogen-bond donors (Lipinski definition) is 4. The summed E-state index contributed by atoms with van der Waals surface area (Å²) in [6, 6.07) is 15.1. The number of aromatic amines is 1. The van der Waals surface area contributed by atoms with E-state index in [0.717, 1.165) is 22.2 Å². The van der Waals surface area contributed by atoms with Gasteiger partial charge in [0.1, 0.15) is 0 Å². The zero-order chi connectivity index (χ0) is 29.2. The number of H-pyrrole nitrogens is 1. The summed E-state index contributed by atoms with van der Waals surface area (Å²) >= 11 is 6.36. The minimum absolute atomic E-state index is 0.205. The Morgan fingerprint density at radius 2 is 1.83 bits per heavy atom. The standard InChI is InChI=1S/C18H19ClN4.C13H17N3O2/c19-15-11-21-18(22-12-6-2-1-3-7-12)23-17(15)14-10-20-16-9-5-4-8-13(14)16;1-16(2)9-3-4-12(17)15-11-7-5-10(6-8-11)13(14)18/h4-5,8-12,20H,1-3,6-7H2,(H,21,22,23);3-8H,9H2,1-2H3,(H2,14,18)(H,15,17)/b;4-3+. The highest BCUT2D eigenvalue weighted by Gasteiger charge is 2.17. The van der Waals surface area contributed by atoms with Gasteiger partial charge in [-0.05, 0) is 57.3 Å². The number of para-hydroxylation sites is 1. The van der Waals surface area contributed by atoms with Crippen LogP contribution in [0.2, 0.25) is 5.02 Å². The molecule has 9 nitrogen and oxygen atoms in total. The van der Waals surface area contributed by atoms with Gasteiger partial charge in [-0.3, -0.25) is 9.59 Å². The number of likely N-dealkylation sites (N-methyl/N-ethyl adjacent to an activating group) is 1. The predicted octanol–water partition coefficient (Wildman–Crippen LogP) is 5.86. The van der Waals surface area contributed by atoms with E-state index in [9.17, 15) is 9.59 Å². The maximum absolute atomic E-state index is 11.5. The number of nitrogens with two attached hydrogens (primary N) is 1. The van der Waals surface area contributed by atoms with Gasteiger partial charge in [0.05, 0.1) is 16.9 Å². The topological polar surface area (TPSA) is 129 Å². The second kappa shape index (κ2) is 14.4. The summed E-state index contributed by atoms with van der Waals surface area (Å²) in [7, 11) is 3.84. The monoisotopic (exact) mass is 573 g/mol. The fraction of sp³-hybridized carbons (Fsp3) is 0.290. The molecule has 0 aliphatic heterocycles. The molecule has 2 aromatic heterocycles. The average Bonchev–Trinajstić information content (AvgIpc) is 3.39. The third kappa shape index (κ3) is 8.64. The third-order valence-electron chi connectivity index (χ3n) is 6.70. The molecule has 2 amide bonds. The van der Waals surface area contributed by atoms with Crippen molar-refractivity contribution in [2.24, 2.45) is 5.73 Å². The Morgan fingerprint density at radius 3 is 2.54 bits per heavy atom. The number of nitrogens with one attached hydrogen (secondary N) is 3. The minimum atomic E-state index is -0.487. The number of primary amides is 1. The van der Waals surface area contributed by atoms with Crippen molar-refractivity contribution in [3.05, 3.63) is 83.7 Å². The molecule has 0 saturated heterocycles. The molecule has 41 heavy (non-hydrogen) atoms. The average molecular weight is 574 g/mol. The molecule has 10 heteroatoms. The second-order valence-corrected chi connectivity index (χ2v) is 10.6. The van der Waals surface area contributed by atoms with Crippen LogP contribution in [0.1, 0.15) is 42.5 Å². The smallest absolute Gasteiger partial charge is 0.248 e. The summed E-state index contributed by atoms with van der Waals surface area (Å²) in [5.41, 5.74) is 9.03. The molecule has 5 rings (SSSR count). The second-order valence-electron chi connectivity index (χ2n) is 10.2. The summed E-state index contributed by atoms with van der Waals surface area (Å²) in [6.45, 7) is 0.702. The van der Waals surface area contributed by atoms with Gasteiger partial charge in [-0.1, -0.05) is 55.1 Å². The molecule has 0 radical (unpaired) electrons. The molecule has 0 spiro atoms. The van der Waals surface area contributed by atoms with E-state index in [2.05, 4.69) is 37.7 Å². The molecule has 1 fully saturated rings. The fourth-order valence-electron chi connectivity index (χ4n) is 4.59. The number of aromatic nitrogens is 3. The van der Waals surface area contributed by atoms with E-state index in [1.165, 1.54) is 38.2 Å². The number of hydrogen-bond acceptors (Lipinski definition) is 6. The number of nitrogens with zero attached hydrogens (tertiary/aromatic N) is 3. The Balaban J connectivity index is 0.000000196. The SMILES string of the molecule is CN(C)C/C=C/C(=O)Nc1ccc(C(N)=O)cc1.Clc1cnc(NC2CCCCC2)nc1-c1c[nH]c2ccccc12. The van der Waals surface area contributed by atoms with Crippen molar-refractivity contribution in [3.63, 3.8) is 0 Å². The summed E-state index contributed by atoms with van der Waals surface area (Å²) in [5, 5.41) is 7.85. The van der Waals surface area contributed by atoms with Crippen molar-refractivity contribution in [1.29, 1.82) is 0 Å². The maximum Gasteiger partial charge on any atom is 0.248 e. The van der Waals surface area contributed by atoms with Crippen LogP contribution in [0.4, 0.5) is 11.6 Å². The summed E-state index contributed by atoms with van der Waals surface area (Å²) < 4.78 is 0. The van der Waals surface area contributed by atoms with Gasteiger partial charge in [0.25, 0.3) is 0 Å². The Kier molecular flexibility index (Phi) is 10.5. The van der Waals surface area contributed by atoms with Crippen molar-refractivity contribution in [3.8, 4) is 11.3 Å². The van der Waals surface area contributed by atoms with Gasteiger partial charge in [-0.25, -0.2) is 9.97 Å². The fourth-order valence-corrected chi connectivity index (χ4v) is 4.79. The van der Waals surface area contributed by atoms with Crippen LogP contribution in [0, 0.1) is 0 Å². The van der Waals surface area contributed by atoms with Crippen LogP contribution in [0.5, 0.6) is 0 Å². The first-order valence-electron chi connectivity index (χ1n) is 13.7. The molecule has 0 unspecified atom stereocenters. The molecule has 0 atom stereocenters. The predicted molar refractivity (Wildman–Crippen MR) is 166 cm³/mol. The van der Waals surface area contributed by atoms with E-state index in [1.54, 1.807) is 36.5 Å². The van der Waals surface area contributed by atoms with E-state index < -0.39 is 5.91 Å². The van der Waals surface area contributed by atoms with Crippen molar-refractivity contribution in [1.82, 2.24) is 19.9 Å². The lowest BCUT2D eigenvalue weighted by Gasteiger charge is -2.22. The molecule has 2 heterocycles. The van der Waals surface area contributed by atoms with Gasteiger partial charge in [0, 0.05) is 52.6 Å². The lowest BCUT2D eigenvalue weighted by Crippen LogP contribution is -2.23. The highest BCUT2D eigenvalue weighted by atomic mass is 35.5. The lowest BCUT2D eigenvalue weighted by molar-refractivity contribution is -0.111. The first-order valence-corrected chi connectivity index (χ1v) is 14.1. The van der Waals surface area contributed by atoms with E-state index in [1.807, 2.05) is 37.3 Å². The Labute approximate surface area is 245 Å². The normalized spacial score (nSPS) is 13.7. The first kappa shape index (κ1) is 29.8. The van der Waals surface area contributed by atoms with Crippen molar-refractivity contribution < 1.29 is 9.59 Å². The molecular formula is C31H36ClN7O2. The van der Waals surface area contributed by atoms with Crippen LogP contribution in [-0.2, 0) is 4.79 Å². The van der Waals surface area contributed by atoms with Crippen molar-refractivity contribution in [2.45, 2.75) is 38.1 Å². The van der Waals surface area contributed by atoms with Crippen molar-refractivity contribution in [2.75, 3.05) is 31.3 Å². The van der Waals surface area contributed by atoms with Crippen LogP contribution in [-0.4, -0.2) is 58.3 Å². The summed E-state index contributed by atoms with van der Waals surface area (Å²) in [4.78, 5) is 36.6. The summed E-state index contributed by atoms with van der Waals surface area (Å²) in [5.74, 6) is -0.0241. The number of carbonyl (C=O) groups excluding carboxylic acids is 2. The Morgan fingerprint density at radius 1 is 1.10 bits per heavy atom. The van der Waals surface area contributed by atoms with Gasteiger partial charge >= 0.3 is 0 Å².